The number of benzene rings is 2. The van der Waals surface area contributed by atoms with Gasteiger partial charge in [0.25, 0.3) is 0 Å². The van der Waals surface area contributed by atoms with Gasteiger partial charge in [0.15, 0.2) is 11.5 Å². The first-order valence-electron chi connectivity index (χ1n) is 8.74. The van der Waals surface area contributed by atoms with Crippen LogP contribution in [0, 0.1) is 0 Å². The van der Waals surface area contributed by atoms with Gasteiger partial charge in [-0.1, -0.05) is 29.3 Å². The Kier molecular flexibility index (Phi) is 8.11. The molecule has 4 nitrogen and oxygen atoms in total. The number of hydrogen-bond donors (Lipinski definition) is 1. The lowest BCUT2D eigenvalue weighted by Crippen LogP contribution is -2.58. The second-order valence-electron chi connectivity index (χ2n) is 6.19. The van der Waals surface area contributed by atoms with Crippen LogP contribution in [0.3, 0.4) is 0 Å². The monoisotopic (exact) mass is 506 g/mol. The van der Waals surface area contributed by atoms with Crippen LogP contribution in [0.1, 0.15) is 18.1 Å². The third kappa shape index (κ3) is 6.10. The molecular weight excluding hydrogens is 492 g/mol. The van der Waals surface area contributed by atoms with Gasteiger partial charge >= 0.3 is 18.1 Å². The average molecular weight is 507 g/mol. The van der Waals surface area contributed by atoms with E-state index in [0.717, 1.165) is 0 Å². The van der Waals surface area contributed by atoms with Crippen molar-refractivity contribution in [3.8, 4) is 11.5 Å². The lowest BCUT2D eigenvalue weighted by Gasteiger charge is -2.27. The Bertz CT molecular complexity index is 969. The fourth-order valence-corrected chi connectivity index (χ4v) is 2.54. The van der Waals surface area contributed by atoms with E-state index in [0.29, 0.717) is 27.2 Å². The highest BCUT2D eigenvalue weighted by molar-refractivity contribution is 6.42. The number of nitrogens with zero attached hydrogens (tertiary/aromatic N) is 1. The third-order valence-corrected chi connectivity index (χ3v) is 4.55. The van der Waals surface area contributed by atoms with Gasteiger partial charge in [-0.15, -0.1) is 0 Å². The summed E-state index contributed by atoms with van der Waals surface area (Å²) >= 11 is 11.8. The van der Waals surface area contributed by atoms with Crippen molar-refractivity contribution in [1.82, 2.24) is 5.43 Å². The summed E-state index contributed by atoms with van der Waals surface area (Å²) in [6, 6.07) is 3.15. The van der Waals surface area contributed by atoms with Crippen LogP contribution in [0.2, 0.25) is 10.0 Å². The maximum Gasteiger partial charge on any atom is 0.462 e. The summed E-state index contributed by atoms with van der Waals surface area (Å²) in [5.41, 5.74) is 1.30. The number of hydrogen-bond acceptors (Lipinski definition) is 4. The Labute approximate surface area is 187 Å². The van der Waals surface area contributed by atoms with E-state index in [1.165, 1.54) is 18.2 Å². The lowest BCUT2D eigenvalue weighted by atomic mass is 10.2. The van der Waals surface area contributed by atoms with Gasteiger partial charge in [0.1, 0.15) is 6.61 Å². The lowest BCUT2D eigenvalue weighted by molar-refractivity contribution is -0.361. The molecule has 2 aromatic carbocycles. The topological polar surface area (TPSA) is 42.8 Å². The van der Waals surface area contributed by atoms with Crippen LogP contribution >= 0.6 is 23.2 Å². The van der Waals surface area contributed by atoms with Crippen LogP contribution < -0.4 is 14.9 Å². The molecule has 0 saturated carbocycles. The molecule has 0 aliphatic carbocycles. The SMILES string of the molecule is CCOc1cc(/C=N/NC(F)(F)C(F)(F)C(F)(F)F)ccc1OCc1ccc(Cl)c(Cl)c1. The molecule has 0 bridgehead atoms. The molecule has 0 fully saturated rings. The number of alkyl halides is 7. The van der Waals surface area contributed by atoms with Gasteiger partial charge in [0.2, 0.25) is 0 Å². The number of hydrazone groups is 1. The normalized spacial score (nSPS) is 12.8. The molecule has 0 aliphatic heterocycles. The zero-order valence-corrected chi connectivity index (χ0v) is 17.6. The van der Waals surface area contributed by atoms with Crippen molar-refractivity contribution in [2.24, 2.45) is 5.10 Å². The summed E-state index contributed by atoms with van der Waals surface area (Å²) < 4.78 is 99.6. The summed E-state index contributed by atoms with van der Waals surface area (Å²) in [6.45, 7) is 1.92. The maximum atomic E-state index is 13.2. The van der Waals surface area contributed by atoms with E-state index in [1.807, 2.05) is 0 Å². The number of nitrogens with one attached hydrogen (secondary N) is 1. The van der Waals surface area contributed by atoms with E-state index < -0.39 is 18.1 Å². The molecule has 13 heteroatoms. The van der Waals surface area contributed by atoms with Gasteiger partial charge in [0, 0.05) is 0 Å². The van der Waals surface area contributed by atoms with Gasteiger partial charge in [-0.05, 0) is 48.4 Å². The molecule has 2 aromatic rings. The molecule has 0 unspecified atom stereocenters. The van der Waals surface area contributed by atoms with Crippen molar-refractivity contribution < 1.29 is 40.2 Å². The minimum absolute atomic E-state index is 0.0639. The molecular formula is C19H15Cl2F7N2O2. The third-order valence-electron chi connectivity index (χ3n) is 3.81. The first kappa shape index (κ1) is 25.9. The standard InChI is InChI=1S/C19H15Cl2F7N2O2/c1-2-31-16-8-11(9-29-30-19(27,28)17(22,23)18(24,25)26)4-6-15(16)32-10-12-3-5-13(20)14(21)7-12/h3-9,30H,2,10H2,1H3/b29-9+. The zero-order chi connectivity index (χ0) is 24.2. The second-order valence-corrected chi connectivity index (χ2v) is 7.01. The highest BCUT2D eigenvalue weighted by Crippen LogP contribution is 2.45. The van der Waals surface area contributed by atoms with Crippen LogP contribution in [-0.2, 0) is 6.61 Å². The molecule has 0 aliphatic rings. The Hall–Kier alpha value is -2.40. The fourth-order valence-electron chi connectivity index (χ4n) is 2.22. The van der Waals surface area contributed by atoms with Crippen molar-refractivity contribution in [3.05, 3.63) is 57.6 Å². The first-order chi connectivity index (χ1) is 14.8. The molecule has 0 heterocycles. The minimum Gasteiger partial charge on any atom is -0.490 e. The zero-order valence-electron chi connectivity index (χ0n) is 16.1. The fraction of sp³-hybridized carbons (Fsp3) is 0.316. The van der Waals surface area contributed by atoms with Gasteiger partial charge in [-0.25, -0.2) is 5.43 Å². The molecule has 0 aromatic heterocycles. The predicted molar refractivity (Wildman–Crippen MR) is 105 cm³/mol. The highest BCUT2D eigenvalue weighted by Gasteiger charge is 2.73. The minimum atomic E-state index is -6.46. The molecule has 1 N–H and O–H groups in total. The van der Waals surface area contributed by atoms with E-state index in [1.54, 1.807) is 25.1 Å². The van der Waals surface area contributed by atoms with E-state index in [9.17, 15) is 30.7 Å². The van der Waals surface area contributed by atoms with Crippen LogP contribution in [0.15, 0.2) is 41.5 Å². The largest absolute Gasteiger partial charge is 0.490 e. The molecule has 32 heavy (non-hydrogen) atoms. The molecule has 0 spiro atoms. The highest BCUT2D eigenvalue weighted by atomic mass is 35.5. The summed E-state index contributed by atoms with van der Waals surface area (Å²) in [4.78, 5) is 0. The van der Waals surface area contributed by atoms with Crippen molar-refractivity contribution in [1.29, 1.82) is 0 Å². The molecule has 0 atom stereocenters. The Morgan fingerprint density at radius 2 is 1.59 bits per heavy atom. The molecule has 2 rings (SSSR count). The first-order valence-corrected chi connectivity index (χ1v) is 9.50. The Morgan fingerprint density at radius 3 is 2.19 bits per heavy atom. The Balaban J connectivity index is 2.13. The van der Waals surface area contributed by atoms with Gasteiger partial charge in [-0.2, -0.15) is 35.8 Å². The smallest absolute Gasteiger partial charge is 0.462 e. The molecule has 0 radical (unpaired) electrons. The van der Waals surface area contributed by atoms with E-state index >= 15 is 0 Å². The summed E-state index contributed by atoms with van der Waals surface area (Å²) in [5.74, 6) is -5.92. The average Bonchev–Trinajstić information content (AvgIpc) is 2.69. The van der Waals surface area contributed by atoms with Gasteiger partial charge in [0.05, 0.1) is 22.9 Å². The second kappa shape index (κ2) is 10.0. The molecule has 0 amide bonds. The van der Waals surface area contributed by atoms with Crippen molar-refractivity contribution >= 4 is 29.4 Å². The predicted octanol–water partition coefficient (Wildman–Crippen LogP) is 6.69. The van der Waals surface area contributed by atoms with Gasteiger partial charge in [-0.3, -0.25) is 0 Å². The van der Waals surface area contributed by atoms with E-state index in [2.05, 4.69) is 5.10 Å². The van der Waals surface area contributed by atoms with Crippen molar-refractivity contribution in [2.45, 2.75) is 31.7 Å². The van der Waals surface area contributed by atoms with Crippen LogP contribution in [0.5, 0.6) is 11.5 Å². The van der Waals surface area contributed by atoms with E-state index in [-0.39, 0.29) is 30.3 Å². The van der Waals surface area contributed by atoms with Crippen molar-refractivity contribution in [3.63, 3.8) is 0 Å². The summed E-state index contributed by atoms with van der Waals surface area (Å²) in [5, 5.41) is 3.49. The van der Waals surface area contributed by atoms with Crippen molar-refractivity contribution in [2.75, 3.05) is 6.61 Å². The van der Waals surface area contributed by atoms with E-state index in [4.69, 9.17) is 32.7 Å². The maximum absolute atomic E-state index is 13.2. The number of rotatable bonds is 9. The van der Waals surface area contributed by atoms with Crippen LogP contribution in [-0.4, -0.2) is 31.0 Å². The molecule has 176 valence electrons. The van der Waals surface area contributed by atoms with Crippen LogP contribution in [0.4, 0.5) is 30.7 Å². The number of ether oxygens (including phenoxy) is 2. The Morgan fingerprint density at radius 1 is 0.906 bits per heavy atom. The molecule has 0 saturated heterocycles. The van der Waals surface area contributed by atoms with Crippen LogP contribution in [0.25, 0.3) is 0 Å². The van der Waals surface area contributed by atoms with Gasteiger partial charge < -0.3 is 9.47 Å². The summed E-state index contributed by atoms with van der Waals surface area (Å²) in [7, 11) is 0. The number of halogens is 9. The quantitative estimate of drug-likeness (QED) is 0.178. The summed E-state index contributed by atoms with van der Waals surface area (Å²) in [6.07, 6.45) is -5.83.